The fourth-order valence-electron chi connectivity index (χ4n) is 1.24. The molecule has 1 N–H and O–H groups in total. The van der Waals surface area contributed by atoms with Crippen LogP contribution < -0.4 is 5.32 Å². The van der Waals surface area contributed by atoms with Gasteiger partial charge in [-0.05, 0) is 33.2 Å². The molecule has 0 spiro atoms. The van der Waals surface area contributed by atoms with Crippen molar-refractivity contribution < 1.29 is 0 Å². The summed E-state index contributed by atoms with van der Waals surface area (Å²) >= 11 is 0. The lowest BCUT2D eigenvalue weighted by Gasteiger charge is -2.15. The molecule has 1 atom stereocenters. The van der Waals surface area contributed by atoms with Crippen LogP contribution in [0.5, 0.6) is 0 Å². The van der Waals surface area contributed by atoms with Gasteiger partial charge in [-0.15, -0.1) is 0 Å². The molecule has 1 rings (SSSR count). The Kier molecular flexibility index (Phi) is 4.56. The van der Waals surface area contributed by atoms with Crippen molar-refractivity contribution in [3.63, 3.8) is 0 Å². The number of likely N-dealkylation sites (N-methyl/N-ethyl adjacent to an activating group) is 1. The Labute approximate surface area is 86.2 Å². The van der Waals surface area contributed by atoms with E-state index in [0.717, 1.165) is 18.8 Å². The third kappa shape index (κ3) is 3.85. The number of hydrogen-bond donors (Lipinski definition) is 1. The SMILES string of the molecule is C[C@H](NCCN(C)C)c1ccccn1. The molecular weight excluding hydrogens is 174 g/mol. The Morgan fingerprint density at radius 3 is 2.79 bits per heavy atom. The van der Waals surface area contributed by atoms with E-state index in [4.69, 9.17) is 0 Å². The second-order valence-corrected chi connectivity index (χ2v) is 3.73. The van der Waals surface area contributed by atoms with E-state index < -0.39 is 0 Å². The Morgan fingerprint density at radius 1 is 1.43 bits per heavy atom. The van der Waals surface area contributed by atoms with Crippen molar-refractivity contribution in [3.05, 3.63) is 30.1 Å². The second kappa shape index (κ2) is 5.73. The third-order valence-corrected chi connectivity index (χ3v) is 2.14. The molecule has 0 bridgehead atoms. The Bertz CT molecular complexity index is 246. The van der Waals surface area contributed by atoms with Crippen LogP contribution >= 0.6 is 0 Å². The minimum absolute atomic E-state index is 0.330. The van der Waals surface area contributed by atoms with Crippen LogP contribution in [0.4, 0.5) is 0 Å². The van der Waals surface area contributed by atoms with E-state index in [2.05, 4.69) is 36.2 Å². The Balaban J connectivity index is 2.32. The van der Waals surface area contributed by atoms with Gasteiger partial charge in [0.1, 0.15) is 0 Å². The first kappa shape index (κ1) is 11.1. The van der Waals surface area contributed by atoms with Crippen LogP contribution in [-0.4, -0.2) is 37.1 Å². The molecule has 0 unspecified atom stereocenters. The van der Waals surface area contributed by atoms with Crippen LogP contribution in [-0.2, 0) is 0 Å². The molecule has 0 saturated heterocycles. The first-order chi connectivity index (χ1) is 6.70. The van der Waals surface area contributed by atoms with Crippen LogP contribution in [0.1, 0.15) is 18.7 Å². The number of hydrogen-bond acceptors (Lipinski definition) is 3. The highest BCUT2D eigenvalue weighted by Crippen LogP contribution is 2.06. The highest BCUT2D eigenvalue weighted by Gasteiger charge is 2.04. The zero-order chi connectivity index (χ0) is 10.4. The molecule has 1 heterocycles. The molecule has 78 valence electrons. The Hall–Kier alpha value is -0.930. The lowest BCUT2D eigenvalue weighted by molar-refractivity contribution is 0.388. The average molecular weight is 193 g/mol. The summed E-state index contributed by atoms with van der Waals surface area (Å²) in [7, 11) is 4.15. The zero-order valence-electron chi connectivity index (χ0n) is 9.20. The molecule has 0 saturated carbocycles. The summed E-state index contributed by atoms with van der Waals surface area (Å²) in [4.78, 5) is 6.47. The van der Waals surface area contributed by atoms with Gasteiger partial charge in [-0.2, -0.15) is 0 Å². The van der Waals surface area contributed by atoms with Gasteiger partial charge < -0.3 is 10.2 Å². The van der Waals surface area contributed by atoms with Crippen LogP contribution in [0.3, 0.4) is 0 Å². The zero-order valence-corrected chi connectivity index (χ0v) is 9.20. The first-order valence-electron chi connectivity index (χ1n) is 4.99. The van der Waals surface area contributed by atoms with Gasteiger partial charge in [0.15, 0.2) is 0 Å². The number of nitrogens with one attached hydrogen (secondary N) is 1. The predicted octanol–water partition coefficient (Wildman–Crippen LogP) is 1.29. The third-order valence-electron chi connectivity index (χ3n) is 2.14. The fourth-order valence-corrected chi connectivity index (χ4v) is 1.24. The van der Waals surface area contributed by atoms with Crippen molar-refractivity contribution >= 4 is 0 Å². The van der Waals surface area contributed by atoms with Gasteiger partial charge in [-0.25, -0.2) is 0 Å². The van der Waals surface area contributed by atoms with Gasteiger partial charge >= 0.3 is 0 Å². The maximum atomic E-state index is 4.30. The van der Waals surface area contributed by atoms with Gasteiger partial charge in [-0.1, -0.05) is 6.07 Å². The first-order valence-corrected chi connectivity index (χ1v) is 4.99. The van der Waals surface area contributed by atoms with Crippen molar-refractivity contribution in [2.75, 3.05) is 27.2 Å². The summed E-state index contributed by atoms with van der Waals surface area (Å²) in [5.41, 5.74) is 1.10. The molecule has 14 heavy (non-hydrogen) atoms. The molecule has 1 aromatic rings. The molecule has 3 nitrogen and oxygen atoms in total. The molecule has 1 aromatic heterocycles. The van der Waals surface area contributed by atoms with Crippen molar-refractivity contribution in [3.8, 4) is 0 Å². The van der Waals surface area contributed by atoms with Gasteiger partial charge in [0.2, 0.25) is 0 Å². The standard InChI is InChI=1S/C11H19N3/c1-10(12-8-9-14(2)3)11-6-4-5-7-13-11/h4-7,10,12H,8-9H2,1-3H3/t10-/m0/s1. The number of aromatic nitrogens is 1. The summed E-state index contributed by atoms with van der Waals surface area (Å²) in [6, 6.07) is 6.34. The van der Waals surface area contributed by atoms with Crippen molar-refractivity contribution in [2.24, 2.45) is 0 Å². The van der Waals surface area contributed by atoms with E-state index in [9.17, 15) is 0 Å². The summed E-state index contributed by atoms with van der Waals surface area (Å²) in [5, 5.41) is 3.43. The van der Waals surface area contributed by atoms with E-state index in [-0.39, 0.29) is 0 Å². The highest BCUT2D eigenvalue weighted by molar-refractivity contribution is 5.07. The predicted molar refractivity (Wildman–Crippen MR) is 59.2 cm³/mol. The Morgan fingerprint density at radius 2 is 2.21 bits per heavy atom. The largest absolute Gasteiger partial charge is 0.308 e. The minimum atomic E-state index is 0.330. The molecule has 0 aliphatic carbocycles. The van der Waals surface area contributed by atoms with Crippen molar-refractivity contribution in [2.45, 2.75) is 13.0 Å². The molecule has 0 aromatic carbocycles. The number of pyridine rings is 1. The molecule has 0 fully saturated rings. The normalized spacial score (nSPS) is 13.1. The fraction of sp³-hybridized carbons (Fsp3) is 0.545. The van der Waals surface area contributed by atoms with Gasteiger partial charge in [0.25, 0.3) is 0 Å². The van der Waals surface area contributed by atoms with Gasteiger partial charge in [0, 0.05) is 25.3 Å². The number of rotatable bonds is 5. The van der Waals surface area contributed by atoms with Crippen LogP contribution in [0.2, 0.25) is 0 Å². The van der Waals surface area contributed by atoms with Crippen LogP contribution in [0.15, 0.2) is 24.4 Å². The van der Waals surface area contributed by atoms with E-state index in [1.54, 1.807) is 0 Å². The quantitative estimate of drug-likeness (QED) is 0.764. The molecule has 3 heteroatoms. The molecular formula is C11H19N3. The molecule has 0 aliphatic heterocycles. The molecule has 0 aliphatic rings. The molecule has 0 amide bonds. The van der Waals surface area contributed by atoms with E-state index in [1.165, 1.54) is 0 Å². The summed E-state index contributed by atoms with van der Waals surface area (Å²) in [6.45, 7) is 4.18. The number of nitrogens with zero attached hydrogens (tertiary/aromatic N) is 2. The smallest absolute Gasteiger partial charge is 0.0570 e. The van der Waals surface area contributed by atoms with E-state index in [1.807, 2.05) is 24.4 Å². The lowest BCUT2D eigenvalue weighted by Crippen LogP contribution is -2.28. The average Bonchev–Trinajstić information content (AvgIpc) is 2.18. The summed E-state index contributed by atoms with van der Waals surface area (Å²) in [5.74, 6) is 0. The second-order valence-electron chi connectivity index (χ2n) is 3.73. The van der Waals surface area contributed by atoms with Gasteiger partial charge in [0.05, 0.1) is 5.69 Å². The van der Waals surface area contributed by atoms with E-state index >= 15 is 0 Å². The van der Waals surface area contributed by atoms with E-state index in [0.29, 0.717) is 6.04 Å². The lowest BCUT2D eigenvalue weighted by atomic mass is 10.2. The summed E-state index contributed by atoms with van der Waals surface area (Å²) < 4.78 is 0. The highest BCUT2D eigenvalue weighted by atomic mass is 15.1. The van der Waals surface area contributed by atoms with Crippen molar-refractivity contribution in [1.29, 1.82) is 0 Å². The maximum absolute atomic E-state index is 4.30. The maximum Gasteiger partial charge on any atom is 0.0570 e. The van der Waals surface area contributed by atoms with Crippen LogP contribution in [0.25, 0.3) is 0 Å². The van der Waals surface area contributed by atoms with Gasteiger partial charge in [-0.3, -0.25) is 4.98 Å². The summed E-state index contributed by atoms with van der Waals surface area (Å²) in [6.07, 6.45) is 1.83. The van der Waals surface area contributed by atoms with Crippen LogP contribution in [0, 0.1) is 0 Å². The monoisotopic (exact) mass is 193 g/mol. The molecule has 0 radical (unpaired) electrons. The topological polar surface area (TPSA) is 28.2 Å². The van der Waals surface area contributed by atoms with Crippen molar-refractivity contribution in [1.82, 2.24) is 15.2 Å². The minimum Gasteiger partial charge on any atom is -0.308 e.